The number of carbonyl (C=O) groups is 2. The molecule has 1 unspecified atom stereocenters. The maximum absolute atomic E-state index is 13.0. The fraction of sp³-hybridized carbons (Fsp3) is 0.259. The Kier molecular flexibility index (Phi) is 7.36. The highest BCUT2D eigenvalue weighted by Gasteiger charge is 2.31. The Balaban J connectivity index is 1.48. The number of methoxy groups -OCH3 is 1. The van der Waals surface area contributed by atoms with Crippen LogP contribution in [0.25, 0.3) is 16.8 Å². The first-order chi connectivity index (χ1) is 18.6. The third-order valence-electron chi connectivity index (χ3n) is 6.46. The Morgan fingerprint density at radius 2 is 2.00 bits per heavy atom. The lowest BCUT2D eigenvalue weighted by atomic mass is 10.0. The first-order valence-corrected chi connectivity index (χ1v) is 12.3. The quantitative estimate of drug-likeness (QED) is 0.360. The van der Waals surface area contributed by atoms with E-state index < -0.39 is 0 Å². The molecule has 38 heavy (non-hydrogen) atoms. The van der Waals surface area contributed by atoms with Gasteiger partial charge in [-0.25, -0.2) is 19.9 Å². The van der Waals surface area contributed by atoms with E-state index in [0.717, 1.165) is 30.7 Å². The summed E-state index contributed by atoms with van der Waals surface area (Å²) in [5.74, 6) is 1.11. The molecular weight excluding hydrogens is 484 g/mol. The summed E-state index contributed by atoms with van der Waals surface area (Å²) in [7, 11) is 1.59. The molecule has 5 rings (SSSR count). The number of nitrogens with zero attached hydrogens (tertiary/aromatic N) is 6. The molecular formula is C27H28N8O3. The van der Waals surface area contributed by atoms with Crippen LogP contribution in [0, 0.1) is 0 Å². The van der Waals surface area contributed by atoms with Crippen LogP contribution in [-0.4, -0.2) is 61.3 Å². The molecule has 1 fully saturated rings. The number of aromatic nitrogens is 5. The van der Waals surface area contributed by atoms with Crippen molar-refractivity contribution in [1.29, 1.82) is 0 Å². The number of carbonyl (C=O) groups excluding carboxylic acids is 2. The molecule has 11 heteroatoms. The minimum atomic E-state index is -0.287. The minimum absolute atomic E-state index is 0.0777. The molecule has 4 heterocycles. The zero-order valence-corrected chi connectivity index (χ0v) is 20.9. The second-order valence-corrected chi connectivity index (χ2v) is 8.88. The number of piperidine rings is 1. The molecule has 1 saturated heterocycles. The topological polar surface area (TPSA) is 141 Å². The van der Waals surface area contributed by atoms with Crippen molar-refractivity contribution in [1.82, 2.24) is 29.2 Å². The molecule has 3 aromatic heterocycles. The molecule has 0 saturated carbocycles. The molecule has 1 aliphatic rings. The van der Waals surface area contributed by atoms with Gasteiger partial charge in [-0.2, -0.15) is 0 Å². The molecule has 2 amide bonds. The van der Waals surface area contributed by atoms with Crippen LogP contribution in [0.15, 0.2) is 67.4 Å². The summed E-state index contributed by atoms with van der Waals surface area (Å²) < 4.78 is 6.96. The van der Waals surface area contributed by atoms with Crippen LogP contribution in [-0.2, 0) is 9.53 Å². The molecule has 1 aromatic carbocycles. The van der Waals surface area contributed by atoms with Crippen LogP contribution in [0.1, 0.15) is 41.5 Å². The summed E-state index contributed by atoms with van der Waals surface area (Å²) >= 11 is 0. The highest BCUT2D eigenvalue weighted by molar-refractivity contribution is 6.04. The second-order valence-electron chi connectivity index (χ2n) is 8.88. The zero-order chi connectivity index (χ0) is 26.5. The summed E-state index contributed by atoms with van der Waals surface area (Å²) in [6, 6.07) is 8.49. The molecule has 3 N–H and O–H groups in total. The molecule has 0 aliphatic carbocycles. The highest BCUT2D eigenvalue weighted by Crippen LogP contribution is 2.36. The highest BCUT2D eigenvalue weighted by atomic mass is 16.5. The normalized spacial score (nSPS) is 15.7. The van der Waals surface area contributed by atoms with Gasteiger partial charge in [-0.05, 0) is 37.5 Å². The lowest BCUT2D eigenvalue weighted by Crippen LogP contribution is -2.38. The average molecular weight is 513 g/mol. The van der Waals surface area contributed by atoms with Crippen LogP contribution >= 0.6 is 0 Å². The van der Waals surface area contributed by atoms with Gasteiger partial charge in [0.2, 0.25) is 5.91 Å². The lowest BCUT2D eigenvalue weighted by molar-refractivity contribution is -0.130. The number of hydrogen-bond donors (Lipinski definition) is 2. The van der Waals surface area contributed by atoms with E-state index in [1.807, 2.05) is 27.6 Å². The second kappa shape index (κ2) is 11.2. The molecule has 194 valence electrons. The first-order valence-electron chi connectivity index (χ1n) is 12.3. The van der Waals surface area contributed by atoms with Gasteiger partial charge in [0.15, 0.2) is 0 Å². The molecule has 0 radical (unpaired) electrons. The monoisotopic (exact) mass is 512 g/mol. The number of rotatable bonds is 7. The van der Waals surface area contributed by atoms with Crippen LogP contribution < -0.4 is 11.1 Å². The molecule has 1 atom stereocenters. The summed E-state index contributed by atoms with van der Waals surface area (Å²) in [6.45, 7) is 1.01. The lowest BCUT2D eigenvalue weighted by Gasteiger charge is -2.34. The van der Waals surface area contributed by atoms with E-state index in [4.69, 9.17) is 15.5 Å². The third-order valence-corrected chi connectivity index (χ3v) is 6.46. The summed E-state index contributed by atoms with van der Waals surface area (Å²) in [5.41, 5.74) is 8.87. The molecule has 1 aliphatic heterocycles. The number of ether oxygens (including phenoxy) is 1. The van der Waals surface area contributed by atoms with E-state index in [2.05, 4.69) is 20.3 Å². The Bertz CT molecular complexity index is 1470. The molecule has 0 spiro atoms. The van der Waals surface area contributed by atoms with Crippen molar-refractivity contribution >= 4 is 29.0 Å². The maximum Gasteiger partial charge on any atom is 0.256 e. The number of fused-ring (bicyclic) bond motifs is 1. The first kappa shape index (κ1) is 25.0. The van der Waals surface area contributed by atoms with Gasteiger partial charge in [-0.3, -0.25) is 14.0 Å². The van der Waals surface area contributed by atoms with E-state index in [9.17, 15) is 9.59 Å². The predicted molar refractivity (Wildman–Crippen MR) is 142 cm³/mol. The number of hydrogen-bond acceptors (Lipinski definition) is 8. The van der Waals surface area contributed by atoms with E-state index in [1.54, 1.807) is 49.9 Å². The third kappa shape index (κ3) is 5.09. The maximum atomic E-state index is 13.0. The van der Waals surface area contributed by atoms with Crippen molar-refractivity contribution in [2.75, 3.05) is 31.3 Å². The summed E-state index contributed by atoms with van der Waals surface area (Å²) in [4.78, 5) is 44.7. The van der Waals surface area contributed by atoms with Crippen LogP contribution in [0.4, 0.5) is 11.6 Å². The van der Waals surface area contributed by atoms with E-state index in [1.165, 1.54) is 6.33 Å². The number of nitrogen functional groups attached to an aromatic ring is 1. The zero-order valence-electron chi connectivity index (χ0n) is 20.9. The molecule has 0 bridgehead atoms. The van der Waals surface area contributed by atoms with Gasteiger partial charge in [-0.1, -0.05) is 18.2 Å². The minimum Gasteiger partial charge on any atom is -0.382 e. The number of likely N-dealkylation sites (tertiary alicyclic amines) is 1. The van der Waals surface area contributed by atoms with Gasteiger partial charge in [0.25, 0.3) is 5.91 Å². The van der Waals surface area contributed by atoms with Gasteiger partial charge in [0, 0.05) is 49.4 Å². The van der Waals surface area contributed by atoms with Gasteiger partial charge >= 0.3 is 0 Å². The number of nitrogens with two attached hydrogens (primary N) is 1. The predicted octanol–water partition coefficient (Wildman–Crippen LogP) is 3.28. The van der Waals surface area contributed by atoms with Crippen molar-refractivity contribution in [3.8, 4) is 11.3 Å². The Morgan fingerprint density at radius 1 is 1.16 bits per heavy atom. The molecule has 4 aromatic rings. The number of amides is 2. The Morgan fingerprint density at radius 3 is 2.76 bits per heavy atom. The standard InChI is InChI=1S/C27H28N8O3/c1-38-16-4-6-22(36)34-14-3-2-5-20(34)26-33-23(24-25(28)30-13-15-35(24)26)18-7-9-19(10-8-18)27(37)32-21-11-12-29-17-31-21/h4,6-13,15,17,20H,2-3,5,14,16H2,1H3,(H2,28,30)(H,29,31,32,37)/b6-4+. The van der Waals surface area contributed by atoms with Crippen molar-refractivity contribution in [2.24, 2.45) is 0 Å². The van der Waals surface area contributed by atoms with Gasteiger partial charge in [0.1, 0.15) is 35.0 Å². The van der Waals surface area contributed by atoms with Crippen molar-refractivity contribution in [3.63, 3.8) is 0 Å². The van der Waals surface area contributed by atoms with E-state index in [-0.39, 0.29) is 17.9 Å². The Labute approximate surface area is 219 Å². The number of benzene rings is 1. The van der Waals surface area contributed by atoms with Gasteiger partial charge < -0.3 is 20.7 Å². The van der Waals surface area contributed by atoms with Crippen molar-refractivity contribution in [2.45, 2.75) is 25.3 Å². The summed E-state index contributed by atoms with van der Waals surface area (Å²) in [5, 5.41) is 2.75. The fourth-order valence-electron chi connectivity index (χ4n) is 4.66. The van der Waals surface area contributed by atoms with Crippen LogP contribution in [0.3, 0.4) is 0 Å². The largest absolute Gasteiger partial charge is 0.382 e. The van der Waals surface area contributed by atoms with Gasteiger partial charge in [0.05, 0.1) is 12.6 Å². The van der Waals surface area contributed by atoms with Gasteiger partial charge in [-0.15, -0.1) is 0 Å². The van der Waals surface area contributed by atoms with Crippen molar-refractivity contribution < 1.29 is 14.3 Å². The SMILES string of the molecule is COC/C=C/C(=O)N1CCCCC1c1nc(-c2ccc(C(=O)Nc3ccncn3)cc2)c2c(N)nccn12. The number of imidazole rings is 1. The number of anilines is 2. The number of nitrogens with one attached hydrogen (secondary N) is 1. The molecule has 11 nitrogen and oxygen atoms in total. The summed E-state index contributed by atoms with van der Waals surface area (Å²) in [6.07, 6.45) is 12.3. The fourth-order valence-corrected chi connectivity index (χ4v) is 4.66. The Hall–Kier alpha value is -4.64. The van der Waals surface area contributed by atoms with Crippen molar-refractivity contribution in [3.05, 3.63) is 78.8 Å². The van der Waals surface area contributed by atoms with E-state index >= 15 is 0 Å². The van der Waals surface area contributed by atoms with E-state index in [0.29, 0.717) is 41.6 Å². The average Bonchev–Trinajstić information content (AvgIpc) is 3.34. The van der Waals surface area contributed by atoms with Crippen LogP contribution in [0.2, 0.25) is 0 Å². The van der Waals surface area contributed by atoms with Crippen LogP contribution in [0.5, 0.6) is 0 Å². The smallest absolute Gasteiger partial charge is 0.256 e.